The Hall–Kier alpha value is -0.740. The molecule has 4 heteroatoms. The molecule has 1 aromatic carbocycles. The van der Waals surface area contributed by atoms with Crippen LogP contribution in [-0.4, -0.2) is 21.3 Å². The van der Waals surface area contributed by atoms with Crippen LogP contribution >= 0.6 is 15.9 Å². The second-order valence-electron chi connectivity index (χ2n) is 3.45. The third-order valence-corrected chi connectivity index (χ3v) is 3.40. The van der Waals surface area contributed by atoms with E-state index < -0.39 is 0 Å². The molecule has 0 fully saturated rings. The molecule has 0 heterocycles. The predicted octanol–water partition coefficient (Wildman–Crippen LogP) is 3.14. The molecular formula is C12H18BrNO2. The average Bonchev–Trinajstić information content (AvgIpc) is 2.31. The number of ether oxygens (including phenoxy) is 2. The van der Waals surface area contributed by atoms with Crippen LogP contribution in [0.3, 0.4) is 0 Å². The van der Waals surface area contributed by atoms with Gasteiger partial charge in [0.25, 0.3) is 0 Å². The summed E-state index contributed by atoms with van der Waals surface area (Å²) in [6, 6.07) is 4.27. The Balaban J connectivity index is 3.24. The van der Waals surface area contributed by atoms with Gasteiger partial charge in [0.15, 0.2) is 0 Å². The number of hydrogen-bond acceptors (Lipinski definition) is 3. The van der Waals surface area contributed by atoms with E-state index in [1.807, 2.05) is 19.2 Å². The zero-order chi connectivity index (χ0) is 12.1. The quantitative estimate of drug-likeness (QED) is 0.903. The van der Waals surface area contributed by atoms with E-state index in [0.29, 0.717) is 0 Å². The number of nitrogens with one attached hydrogen (secondary N) is 1. The number of rotatable bonds is 5. The van der Waals surface area contributed by atoms with E-state index in [1.165, 1.54) is 0 Å². The molecule has 0 aliphatic rings. The van der Waals surface area contributed by atoms with Crippen molar-refractivity contribution < 1.29 is 9.47 Å². The van der Waals surface area contributed by atoms with Gasteiger partial charge in [-0.05, 0) is 41.5 Å². The van der Waals surface area contributed by atoms with Gasteiger partial charge in [0.2, 0.25) is 0 Å². The molecule has 0 saturated heterocycles. The van der Waals surface area contributed by atoms with Crippen molar-refractivity contribution in [1.82, 2.24) is 5.32 Å². The smallest absolute Gasteiger partial charge is 0.141 e. The molecule has 16 heavy (non-hydrogen) atoms. The molecule has 90 valence electrons. The third-order valence-electron chi connectivity index (χ3n) is 2.65. The molecule has 1 unspecified atom stereocenters. The number of hydrogen-bond donors (Lipinski definition) is 1. The van der Waals surface area contributed by atoms with Crippen LogP contribution in [0, 0.1) is 0 Å². The highest BCUT2D eigenvalue weighted by Gasteiger charge is 2.17. The fourth-order valence-electron chi connectivity index (χ4n) is 1.77. The first kappa shape index (κ1) is 13.3. The molecule has 1 N–H and O–H groups in total. The molecular weight excluding hydrogens is 270 g/mol. The second kappa shape index (κ2) is 6.11. The minimum absolute atomic E-state index is 0.289. The highest BCUT2D eigenvalue weighted by Crippen LogP contribution is 2.40. The van der Waals surface area contributed by atoms with Gasteiger partial charge in [0, 0.05) is 11.6 Å². The lowest BCUT2D eigenvalue weighted by atomic mass is 10.0. The predicted molar refractivity (Wildman–Crippen MR) is 69.3 cm³/mol. The summed E-state index contributed by atoms with van der Waals surface area (Å²) in [5.41, 5.74) is 1.14. The Bertz CT molecular complexity index is 351. The minimum Gasteiger partial charge on any atom is -0.495 e. The molecule has 1 rings (SSSR count). The lowest BCUT2D eigenvalue weighted by molar-refractivity contribution is 0.380. The van der Waals surface area contributed by atoms with Crippen molar-refractivity contribution in [1.29, 1.82) is 0 Å². The average molecular weight is 288 g/mol. The van der Waals surface area contributed by atoms with Crippen molar-refractivity contribution in [3.05, 3.63) is 22.2 Å². The molecule has 3 nitrogen and oxygen atoms in total. The second-order valence-corrected chi connectivity index (χ2v) is 4.25. The first-order valence-corrected chi connectivity index (χ1v) is 6.06. The lowest BCUT2D eigenvalue weighted by Gasteiger charge is -2.19. The van der Waals surface area contributed by atoms with Crippen molar-refractivity contribution >= 4 is 15.9 Å². The van der Waals surface area contributed by atoms with Crippen LogP contribution in [-0.2, 0) is 0 Å². The highest BCUT2D eigenvalue weighted by molar-refractivity contribution is 9.10. The zero-order valence-corrected chi connectivity index (χ0v) is 11.7. The zero-order valence-electron chi connectivity index (χ0n) is 10.1. The topological polar surface area (TPSA) is 30.5 Å². The van der Waals surface area contributed by atoms with Gasteiger partial charge in [-0.25, -0.2) is 0 Å². The molecule has 0 aliphatic carbocycles. The van der Waals surface area contributed by atoms with Gasteiger partial charge in [-0.15, -0.1) is 0 Å². The normalized spacial score (nSPS) is 12.3. The lowest BCUT2D eigenvalue weighted by Crippen LogP contribution is -2.16. The summed E-state index contributed by atoms with van der Waals surface area (Å²) in [5, 5.41) is 3.27. The van der Waals surface area contributed by atoms with Crippen molar-refractivity contribution in [3.8, 4) is 11.5 Å². The summed E-state index contributed by atoms with van der Waals surface area (Å²) < 4.78 is 11.5. The highest BCUT2D eigenvalue weighted by atomic mass is 79.9. The summed E-state index contributed by atoms with van der Waals surface area (Å²) in [7, 11) is 5.27. The standard InChI is InChI=1S/C12H18BrNO2/c1-5-9(14-2)8-6-7-10(15-3)11(13)12(8)16-4/h6-7,9,14H,5H2,1-4H3. The first-order valence-electron chi connectivity index (χ1n) is 5.27. The maximum Gasteiger partial charge on any atom is 0.141 e. The number of benzene rings is 1. The van der Waals surface area contributed by atoms with E-state index >= 15 is 0 Å². The maximum atomic E-state index is 5.44. The van der Waals surface area contributed by atoms with E-state index in [0.717, 1.165) is 28.0 Å². The van der Waals surface area contributed by atoms with Crippen molar-refractivity contribution in [2.24, 2.45) is 0 Å². The summed E-state index contributed by atoms with van der Waals surface area (Å²) >= 11 is 3.50. The van der Waals surface area contributed by atoms with Crippen molar-refractivity contribution in [2.75, 3.05) is 21.3 Å². The van der Waals surface area contributed by atoms with Crippen LogP contribution in [0.2, 0.25) is 0 Å². The van der Waals surface area contributed by atoms with E-state index in [-0.39, 0.29) is 6.04 Å². The summed E-state index contributed by atoms with van der Waals surface area (Å²) in [5.74, 6) is 1.62. The minimum atomic E-state index is 0.289. The molecule has 0 radical (unpaired) electrons. The number of methoxy groups -OCH3 is 2. The third kappa shape index (κ3) is 2.50. The Morgan fingerprint density at radius 1 is 1.31 bits per heavy atom. The molecule has 1 aromatic rings. The van der Waals surface area contributed by atoms with E-state index in [9.17, 15) is 0 Å². The molecule has 0 spiro atoms. The summed E-state index contributed by atoms with van der Waals surface area (Å²) in [6.07, 6.45) is 1.01. The largest absolute Gasteiger partial charge is 0.495 e. The number of halogens is 1. The van der Waals surface area contributed by atoms with E-state index in [2.05, 4.69) is 28.2 Å². The van der Waals surface area contributed by atoms with Crippen LogP contribution < -0.4 is 14.8 Å². The molecule has 0 aliphatic heterocycles. The van der Waals surface area contributed by atoms with Crippen LogP contribution in [0.1, 0.15) is 24.9 Å². The van der Waals surface area contributed by atoms with Gasteiger partial charge < -0.3 is 14.8 Å². The van der Waals surface area contributed by atoms with Gasteiger partial charge >= 0.3 is 0 Å². The van der Waals surface area contributed by atoms with Gasteiger partial charge in [-0.3, -0.25) is 0 Å². The van der Waals surface area contributed by atoms with Crippen molar-refractivity contribution in [2.45, 2.75) is 19.4 Å². The molecule has 0 saturated carbocycles. The Morgan fingerprint density at radius 3 is 2.44 bits per heavy atom. The SMILES string of the molecule is CCC(NC)c1ccc(OC)c(Br)c1OC. The molecule has 0 aromatic heterocycles. The molecule has 0 bridgehead atoms. The fraction of sp³-hybridized carbons (Fsp3) is 0.500. The molecule has 1 atom stereocenters. The summed E-state index contributed by atoms with van der Waals surface area (Å²) in [6.45, 7) is 2.14. The van der Waals surface area contributed by atoms with Gasteiger partial charge in [-0.2, -0.15) is 0 Å². The van der Waals surface area contributed by atoms with Crippen molar-refractivity contribution in [3.63, 3.8) is 0 Å². The summed E-state index contributed by atoms with van der Waals surface area (Å²) in [4.78, 5) is 0. The Labute approximate surface area is 105 Å². The monoisotopic (exact) mass is 287 g/mol. The maximum absolute atomic E-state index is 5.44. The van der Waals surface area contributed by atoms with Gasteiger partial charge in [-0.1, -0.05) is 6.92 Å². The van der Waals surface area contributed by atoms with Gasteiger partial charge in [0.05, 0.1) is 14.2 Å². The molecule has 0 amide bonds. The van der Waals surface area contributed by atoms with E-state index in [4.69, 9.17) is 9.47 Å². The fourth-order valence-corrected chi connectivity index (χ4v) is 2.46. The first-order chi connectivity index (χ1) is 7.69. The Kier molecular flexibility index (Phi) is 5.09. The van der Waals surface area contributed by atoms with Crippen LogP contribution in [0.25, 0.3) is 0 Å². The Morgan fingerprint density at radius 2 is 2.00 bits per heavy atom. The van der Waals surface area contributed by atoms with E-state index in [1.54, 1.807) is 14.2 Å². The van der Waals surface area contributed by atoms with Crippen LogP contribution in [0.5, 0.6) is 11.5 Å². The van der Waals surface area contributed by atoms with Gasteiger partial charge in [0.1, 0.15) is 16.0 Å². The van der Waals surface area contributed by atoms with Crippen LogP contribution in [0.4, 0.5) is 0 Å². The van der Waals surface area contributed by atoms with Crippen LogP contribution in [0.15, 0.2) is 16.6 Å².